The Balaban J connectivity index is 1.99. The molecule has 0 amide bonds. The predicted molar refractivity (Wildman–Crippen MR) is 64.1 cm³/mol. The summed E-state index contributed by atoms with van der Waals surface area (Å²) >= 11 is 5.70. The molecule has 1 fully saturated rings. The minimum atomic E-state index is 0.442. The Hall–Kier alpha value is -0.710. The highest BCUT2D eigenvalue weighted by atomic mass is 35.5. The molecule has 2 N–H and O–H groups in total. The molecule has 1 aromatic heterocycles. The first-order valence-corrected chi connectivity index (χ1v) is 6.09. The summed E-state index contributed by atoms with van der Waals surface area (Å²) in [6, 6.07) is 4.20. The Morgan fingerprint density at radius 1 is 1.38 bits per heavy atom. The maximum atomic E-state index is 5.77. The minimum absolute atomic E-state index is 0.442. The van der Waals surface area contributed by atoms with E-state index in [9.17, 15) is 0 Å². The molecule has 0 spiro atoms. The Morgan fingerprint density at radius 2 is 2.25 bits per heavy atom. The second-order valence-electron chi connectivity index (χ2n) is 4.20. The largest absolute Gasteiger partial charge is 0.329 e. The first-order chi connectivity index (χ1) is 7.79. The number of piperidine rings is 1. The molecule has 2 heterocycles. The van der Waals surface area contributed by atoms with Gasteiger partial charge in [0.05, 0.1) is 5.69 Å². The molecule has 0 bridgehead atoms. The monoisotopic (exact) mass is 240 g/mol. The van der Waals surface area contributed by atoms with Crippen LogP contribution in [0.1, 0.15) is 25.0 Å². The minimum Gasteiger partial charge on any atom is -0.329 e. The van der Waals surface area contributed by atoms with Gasteiger partial charge in [-0.15, -0.1) is 5.10 Å². The van der Waals surface area contributed by atoms with Crippen molar-refractivity contribution in [3.05, 3.63) is 23.0 Å². The molecule has 1 aliphatic heterocycles. The summed E-state index contributed by atoms with van der Waals surface area (Å²) in [5.74, 6) is 0. The van der Waals surface area contributed by atoms with E-state index in [1.165, 1.54) is 19.3 Å². The lowest BCUT2D eigenvalue weighted by atomic mass is 10.0. The third-order valence-corrected chi connectivity index (χ3v) is 3.28. The molecular weight excluding hydrogens is 224 g/mol. The van der Waals surface area contributed by atoms with Crippen LogP contribution >= 0.6 is 11.6 Å². The molecule has 0 aromatic carbocycles. The Bertz CT molecular complexity index is 327. The third kappa shape index (κ3) is 2.90. The standard InChI is InChI=1S/C11H17ClN4/c12-11-5-4-9(14-15-11)8-16-6-2-1-3-10(16)7-13/h4-5,10H,1-3,6-8,13H2/t10-/m0/s1. The maximum Gasteiger partial charge on any atom is 0.151 e. The second-order valence-corrected chi connectivity index (χ2v) is 4.59. The van der Waals surface area contributed by atoms with Crippen molar-refractivity contribution in [3.8, 4) is 0 Å². The Kier molecular flexibility index (Phi) is 4.09. The van der Waals surface area contributed by atoms with Crippen molar-refractivity contribution in [2.75, 3.05) is 13.1 Å². The number of hydrogen-bond acceptors (Lipinski definition) is 4. The van der Waals surface area contributed by atoms with E-state index in [4.69, 9.17) is 17.3 Å². The number of nitrogens with zero attached hydrogens (tertiary/aromatic N) is 3. The fraction of sp³-hybridized carbons (Fsp3) is 0.636. The number of hydrogen-bond donors (Lipinski definition) is 1. The van der Waals surface area contributed by atoms with E-state index in [1.54, 1.807) is 6.07 Å². The van der Waals surface area contributed by atoms with Gasteiger partial charge in [-0.3, -0.25) is 4.90 Å². The molecule has 1 saturated heterocycles. The average molecular weight is 241 g/mol. The number of halogens is 1. The van der Waals surface area contributed by atoms with Gasteiger partial charge in [0.15, 0.2) is 5.15 Å². The molecule has 4 nitrogen and oxygen atoms in total. The van der Waals surface area contributed by atoms with Crippen molar-refractivity contribution in [2.24, 2.45) is 5.73 Å². The Morgan fingerprint density at radius 3 is 2.94 bits per heavy atom. The molecule has 5 heteroatoms. The first kappa shape index (κ1) is 11.8. The summed E-state index contributed by atoms with van der Waals surface area (Å²) in [6.07, 6.45) is 3.72. The summed E-state index contributed by atoms with van der Waals surface area (Å²) < 4.78 is 0. The molecule has 0 saturated carbocycles. The molecular formula is C11H17ClN4. The lowest BCUT2D eigenvalue weighted by Crippen LogP contribution is -2.43. The van der Waals surface area contributed by atoms with Gasteiger partial charge in [0.25, 0.3) is 0 Å². The van der Waals surface area contributed by atoms with Gasteiger partial charge in [0.2, 0.25) is 0 Å². The highest BCUT2D eigenvalue weighted by Crippen LogP contribution is 2.18. The number of nitrogens with two attached hydrogens (primary N) is 1. The zero-order valence-electron chi connectivity index (χ0n) is 9.27. The smallest absolute Gasteiger partial charge is 0.151 e. The fourth-order valence-electron chi connectivity index (χ4n) is 2.17. The van der Waals surface area contributed by atoms with E-state index in [0.717, 1.165) is 25.3 Å². The number of rotatable bonds is 3. The van der Waals surface area contributed by atoms with Crippen LogP contribution in [0.15, 0.2) is 12.1 Å². The van der Waals surface area contributed by atoms with Crippen LogP contribution < -0.4 is 5.73 Å². The van der Waals surface area contributed by atoms with Crippen molar-refractivity contribution in [3.63, 3.8) is 0 Å². The van der Waals surface area contributed by atoms with Gasteiger partial charge in [-0.05, 0) is 31.5 Å². The van der Waals surface area contributed by atoms with Crippen molar-refractivity contribution in [2.45, 2.75) is 31.8 Å². The SMILES string of the molecule is NC[C@@H]1CCCCN1Cc1ccc(Cl)nn1. The molecule has 0 radical (unpaired) electrons. The van der Waals surface area contributed by atoms with Gasteiger partial charge in [-0.2, -0.15) is 5.10 Å². The molecule has 0 unspecified atom stereocenters. The maximum absolute atomic E-state index is 5.77. The van der Waals surface area contributed by atoms with E-state index in [0.29, 0.717) is 11.2 Å². The second kappa shape index (κ2) is 5.57. The van der Waals surface area contributed by atoms with Gasteiger partial charge < -0.3 is 5.73 Å². The quantitative estimate of drug-likeness (QED) is 0.869. The lowest BCUT2D eigenvalue weighted by Gasteiger charge is -2.34. The molecule has 1 aromatic rings. The molecule has 0 aliphatic carbocycles. The first-order valence-electron chi connectivity index (χ1n) is 5.72. The summed E-state index contributed by atoms with van der Waals surface area (Å²) in [7, 11) is 0. The summed E-state index contributed by atoms with van der Waals surface area (Å²) in [5.41, 5.74) is 6.74. The van der Waals surface area contributed by atoms with Crippen molar-refractivity contribution in [1.29, 1.82) is 0 Å². The van der Waals surface area contributed by atoms with Gasteiger partial charge in [-0.25, -0.2) is 0 Å². The van der Waals surface area contributed by atoms with Crippen LogP contribution in [0.5, 0.6) is 0 Å². The van der Waals surface area contributed by atoms with Crippen molar-refractivity contribution >= 4 is 11.6 Å². The van der Waals surface area contributed by atoms with Crippen LogP contribution in [0.4, 0.5) is 0 Å². The van der Waals surface area contributed by atoms with Crippen LogP contribution in [-0.2, 0) is 6.54 Å². The predicted octanol–water partition coefficient (Wildman–Crippen LogP) is 1.44. The Labute approximate surface area is 101 Å². The normalized spacial score (nSPS) is 22.2. The molecule has 16 heavy (non-hydrogen) atoms. The third-order valence-electron chi connectivity index (χ3n) is 3.07. The molecule has 1 atom stereocenters. The van der Waals surface area contributed by atoms with Gasteiger partial charge >= 0.3 is 0 Å². The fourth-order valence-corrected chi connectivity index (χ4v) is 2.27. The van der Waals surface area contributed by atoms with E-state index in [-0.39, 0.29) is 0 Å². The van der Waals surface area contributed by atoms with Crippen molar-refractivity contribution in [1.82, 2.24) is 15.1 Å². The van der Waals surface area contributed by atoms with Crippen LogP contribution in [0, 0.1) is 0 Å². The van der Waals surface area contributed by atoms with Crippen LogP contribution in [-0.4, -0.2) is 34.2 Å². The van der Waals surface area contributed by atoms with E-state index >= 15 is 0 Å². The lowest BCUT2D eigenvalue weighted by molar-refractivity contribution is 0.143. The van der Waals surface area contributed by atoms with E-state index in [2.05, 4.69) is 15.1 Å². The van der Waals surface area contributed by atoms with Crippen LogP contribution in [0.25, 0.3) is 0 Å². The summed E-state index contributed by atoms with van der Waals surface area (Å²) in [5, 5.41) is 8.37. The number of aromatic nitrogens is 2. The zero-order valence-corrected chi connectivity index (χ0v) is 10.0. The van der Waals surface area contributed by atoms with Gasteiger partial charge in [-0.1, -0.05) is 18.0 Å². The molecule has 2 rings (SSSR count). The average Bonchev–Trinajstić information content (AvgIpc) is 2.33. The van der Waals surface area contributed by atoms with E-state index in [1.807, 2.05) is 6.07 Å². The van der Waals surface area contributed by atoms with E-state index < -0.39 is 0 Å². The topological polar surface area (TPSA) is 55.0 Å². The van der Waals surface area contributed by atoms with Crippen LogP contribution in [0.2, 0.25) is 5.15 Å². The highest BCUT2D eigenvalue weighted by Gasteiger charge is 2.21. The van der Waals surface area contributed by atoms with Crippen molar-refractivity contribution < 1.29 is 0 Å². The zero-order chi connectivity index (χ0) is 11.4. The summed E-state index contributed by atoms with van der Waals surface area (Å²) in [4.78, 5) is 2.39. The number of likely N-dealkylation sites (tertiary alicyclic amines) is 1. The molecule has 1 aliphatic rings. The molecule has 88 valence electrons. The highest BCUT2D eigenvalue weighted by molar-refractivity contribution is 6.29. The van der Waals surface area contributed by atoms with Crippen LogP contribution in [0.3, 0.4) is 0 Å². The van der Waals surface area contributed by atoms with Gasteiger partial charge in [0.1, 0.15) is 0 Å². The summed E-state index contributed by atoms with van der Waals surface area (Å²) in [6.45, 7) is 2.65. The van der Waals surface area contributed by atoms with Gasteiger partial charge in [0, 0.05) is 19.1 Å².